The van der Waals surface area contributed by atoms with Crippen LogP contribution in [0.5, 0.6) is 5.88 Å². The fourth-order valence-electron chi connectivity index (χ4n) is 2.19. The molecular formula is C19H28IN5O. The Kier molecular flexibility index (Phi) is 9.97. The maximum atomic E-state index is 5.98. The number of anilines is 1. The number of nitrogens with two attached hydrogens (primary N) is 1. The quantitative estimate of drug-likeness (QED) is 0.353. The predicted molar refractivity (Wildman–Crippen MR) is 118 cm³/mol. The molecule has 6 nitrogen and oxygen atoms in total. The summed E-state index contributed by atoms with van der Waals surface area (Å²) in [5.74, 6) is 0.997. The monoisotopic (exact) mass is 469 g/mol. The Morgan fingerprint density at radius 1 is 1.23 bits per heavy atom. The average molecular weight is 469 g/mol. The van der Waals surface area contributed by atoms with Crippen LogP contribution < -0.4 is 15.8 Å². The van der Waals surface area contributed by atoms with Crippen LogP contribution in [0, 0.1) is 0 Å². The van der Waals surface area contributed by atoms with Gasteiger partial charge in [-0.1, -0.05) is 19.1 Å². The van der Waals surface area contributed by atoms with Gasteiger partial charge in [0.1, 0.15) is 6.61 Å². The van der Waals surface area contributed by atoms with Crippen molar-refractivity contribution in [3.8, 4) is 5.88 Å². The van der Waals surface area contributed by atoms with Crippen molar-refractivity contribution in [2.75, 3.05) is 32.6 Å². The van der Waals surface area contributed by atoms with Crippen LogP contribution in [-0.2, 0) is 13.0 Å². The Bertz CT molecular complexity index is 706. The fraction of sp³-hybridized carbons (Fsp3) is 0.368. The minimum atomic E-state index is 0. The molecule has 0 atom stereocenters. The smallest absolute Gasteiger partial charge is 0.213 e. The standard InChI is InChI=1S/C19H27N5O.HI/c1-4-15-6-5-7-17(12-15)23-19(20)22-14-16-8-9-21-18(13-16)25-11-10-24(2)3;/h5-9,12-13H,4,10-11,14H2,1-3H3,(H3,20,22,23);1H. The molecule has 2 rings (SSSR count). The van der Waals surface area contributed by atoms with E-state index in [-0.39, 0.29) is 24.0 Å². The lowest BCUT2D eigenvalue weighted by atomic mass is 10.1. The van der Waals surface area contributed by atoms with Gasteiger partial charge in [-0.05, 0) is 49.8 Å². The number of nitrogens with zero attached hydrogens (tertiary/aromatic N) is 3. The lowest BCUT2D eigenvalue weighted by Crippen LogP contribution is -2.22. The molecule has 0 spiro atoms. The molecular weight excluding hydrogens is 441 g/mol. The molecule has 26 heavy (non-hydrogen) atoms. The third kappa shape index (κ3) is 8.01. The second kappa shape index (κ2) is 11.7. The number of likely N-dealkylation sites (N-methyl/N-ethyl adjacent to an activating group) is 1. The van der Waals surface area contributed by atoms with Crippen molar-refractivity contribution >= 4 is 35.6 Å². The molecule has 1 aromatic heterocycles. The van der Waals surface area contributed by atoms with E-state index < -0.39 is 0 Å². The van der Waals surface area contributed by atoms with Crippen molar-refractivity contribution in [1.82, 2.24) is 9.88 Å². The van der Waals surface area contributed by atoms with Crippen LogP contribution in [0.15, 0.2) is 47.6 Å². The summed E-state index contributed by atoms with van der Waals surface area (Å²) in [4.78, 5) is 10.7. The largest absolute Gasteiger partial charge is 0.476 e. The van der Waals surface area contributed by atoms with Gasteiger partial charge in [-0.3, -0.25) is 0 Å². The third-order valence-electron chi connectivity index (χ3n) is 3.63. The van der Waals surface area contributed by atoms with E-state index in [4.69, 9.17) is 10.5 Å². The lowest BCUT2D eigenvalue weighted by molar-refractivity contribution is 0.253. The highest BCUT2D eigenvalue weighted by atomic mass is 127. The van der Waals surface area contributed by atoms with Gasteiger partial charge < -0.3 is 20.7 Å². The first-order valence-corrected chi connectivity index (χ1v) is 8.45. The number of hydrogen-bond acceptors (Lipinski definition) is 4. The van der Waals surface area contributed by atoms with Crippen molar-refractivity contribution in [2.45, 2.75) is 19.9 Å². The number of hydrogen-bond donors (Lipinski definition) is 2. The van der Waals surface area contributed by atoms with Crippen molar-refractivity contribution in [3.63, 3.8) is 0 Å². The molecule has 0 aliphatic heterocycles. The van der Waals surface area contributed by atoms with E-state index in [1.54, 1.807) is 6.20 Å². The molecule has 0 aliphatic carbocycles. The number of aryl methyl sites for hydroxylation is 1. The van der Waals surface area contributed by atoms with Crippen LogP contribution >= 0.6 is 24.0 Å². The minimum Gasteiger partial charge on any atom is -0.476 e. The molecule has 0 bridgehead atoms. The Morgan fingerprint density at radius 2 is 2.04 bits per heavy atom. The minimum absolute atomic E-state index is 0. The van der Waals surface area contributed by atoms with Gasteiger partial charge in [0.05, 0.1) is 6.54 Å². The maximum absolute atomic E-state index is 5.98. The molecule has 0 aliphatic rings. The number of rotatable bonds is 8. The van der Waals surface area contributed by atoms with E-state index in [1.807, 2.05) is 38.4 Å². The Labute approximate surface area is 172 Å². The van der Waals surface area contributed by atoms with E-state index >= 15 is 0 Å². The van der Waals surface area contributed by atoms with E-state index in [0.717, 1.165) is 24.2 Å². The second-order valence-corrected chi connectivity index (χ2v) is 6.03. The zero-order chi connectivity index (χ0) is 18.1. The Hall–Kier alpha value is -1.87. The molecule has 2 aromatic rings. The predicted octanol–water partition coefficient (Wildman–Crippen LogP) is 3.13. The maximum Gasteiger partial charge on any atom is 0.213 e. The number of ether oxygens (including phenoxy) is 1. The number of guanidine groups is 1. The SMILES string of the molecule is CCc1cccc(NC(N)=NCc2ccnc(OCCN(C)C)c2)c1.I. The molecule has 3 N–H and O–H groups in total. The number of aromatic nitrogens is 1. The highest BCUT2D eigenvalue weighted by molar-refractivity contribution is 14.0. The Balaban J connectivity index is 0.00000338. The van der Waals surface area contributed by atoms with Crippen LogP contribution in [0.4, 0.5) is 5.69 Å². The summed E-state index contributed by atoms with van der Waals surface area (Å²) in [6.45, 7) is 4.04. The van der Waals surface area contributed by atoms with Crippen molar-refractivity contribution in [3.05, 3.63) is 53.7 Å². The van der Waals surface area contributed by atoms with Gasteiger partial charge in [0.2, 0.25) is 5.88 Å². The summed E-state index contributed by atoms with van der Waals surface area (Å²) >= 11 is 0. The molecule has 0 fully saturated rings. The van der Waals surface area contributed by atoms with Crippen molar-refractivity contribution < 1.29 is 4.74 Å². The lowest BCUT2D eigenvalue weighted by Gasteiger charge is -2.10. The van der Waals surface area contributed by atoms with Crippen LogP contribution in [0.3, 0.4) is 0 Å². The molecule has 142 valence electrons. The number of pyridine rings is 1. The molecule has 0 amide bonds. The van der Waals surface area contributed by atoms with Crippen molar-refractivity contribution in [1.29, 1.82) is 0 Å². The first-order chi connectivity index (χ1) is 12.1. The van der Waals surface area contributed by atoms with Gasteiger partial charge in [0, 0.05) is 24.5 Å². The van der Waals surface area contributed by atoms with Gasteiger partial charge in [0.15, 0.2) is 5.96 Å². The zero-order valence-corrected chi connectivity index (χ0v) is 17.9. The van der Waals surface area contributed by atoms with Gasteiger partial charge in [-0.25, -0.2) is 9.98 Å². The highest BCUT2D eigenvalue weighted by Crippen LogP contribution is 2.12. The molecule has 1 aromatic carbocycles. The first-order valence-electron chi connectivity index (χ1n) is 8.45. The fourth-order valence-corrected chi connectivity index (χ4v) is 2.19. The van der Waals surface area contributed by atoms with Gasteiger partial charge >= 0.3 is 0 Å². The normalized spacial score (nSPS) is 11.2. The van der Waals surface area contributed by atoms with E-state index in [1.165, 1.54) is 5.56 Å². The number of aliphatic imine (C=N–C) groups is 1. The average Bonchev–Trinajstić information content (AvgIpc) is 2.60. The summed E-state index contributed by atoms with van der Waals surface area (Å²) in [5.41, 5.74) is 9.19. The summed E-state index contributed by atoms with van der Waals surface area (Å²) in [6, 6.07) is 12.0. The number of halogens is 1. The van der Waals surface area contributed by atoms with Gasteiger partial charge in [-0.15, -0.1) is 24.0 Å². The van der Waals surface area contributed by atoms with E-state index in [2.05, 4.69) is 39.2 Å². The number of benzene rings is 1. The van der Waals surface area contributed by atoms with Crippen LogP contribution in [-0.4, -0.2) is 43.1 Å². The zero-order valence-electron chi connectivity index (χ0n) is 15.6. The third-order valence-corrected chi connectivity index (χ3v) is 3.63. The summed E-state index contributed by atoms with van der Waals surface area (Å²) in [5, 5.41) is 3.12. The van der Waals surface area contributed by atoms with Crippen LogP contribution in [0.1, 0.15) is 18.1 Å². The topological polar surface area (TPSA) is 75.8 Å². The van der Waals surface area contributed by atoms with Gasteiger partial charge in [-0.2, -0.15) is 0 Å². The van der Waals surface area contributed by atoms with E-state index in [9.17, 15) is 0 Å². The molecule has 1 heterocycles. The molecule has 0 saturated heterocycles. The second-order valence-electron chi connectivity index (χ2n) is 6.03. The molecule has 0 unspecified atom stereocenters. The first kappa shape index (κ1) is 22.2. The van der Waals surface area contributed by atoms with Crippen LogP contribution in [0.2, 0.25) is 0 Å². The van der Waals surface area contributed by atoms with Gasteiger partial charge in [0.25, 0.3) is 0 Å². The summed E-state index contributed by atoms with van der Waals surface area (Å²) < 4.78 is 5.64. The summed E-state index contributed by atoms with van der Waals surface area (Å²) in [7, 11) is 4.02. The molecule has 0 saturated carbocycles. The molecule has 7 heteroatoms. The number of nitrogens with one attached hydrogen (secondary N) is 1. The van der Waals surface area contributed by atoms with Crippen LogP contribution in [0.25, 0.3) is 0 Å². The Morgan fingerprint density at radius 3 is 2.77 bits per heavy atom. The van der Waals surface area contributed by atoms with E-state index in [0.29, 0.717) is 25.0 Å². The summed E-state index contributed by atoms with van der Waals surface area (Å²) in [6.07, 6.45) is 2.71. The van der Waals surface area contributed by atoms with Crippen molar-refractivity contribution in [2.24, 2.45) is 10.7 Å². The highest BCUT2D eigenvalue weighted by Gasteiger charge is 2.01. The molecule has 0 radical (unpaired) electrons.